The predicted molar refractivity (Wildman–Crippen MR) is 38.1 cm³/mol. The number of nitrogens with one attached hydrogen (secondary N) is 1. The number of likely N-dealkylation sites (N-methyl/N-ethyl adjacent to an activating group) is 1. The van der Waals surface area contributed by atoms with Gasteiger partial charge in [0, 0.05) is 6.42 Å². The molecule has 1 saturated heterocycles. The van der Waals surface area contributed by atoms with Gasteiger partial charge in [-0.2, -0.15) is 7.05 Å². The molecule has 2 unspecified atom stereocenters. The number of nitrogens with zero attached hydrogens (tertiary/aromatic N) is 1. The quantitative estimate of drug-likeness (QED) is 0.445. The minimum atomic E-state index is 0.775. The molecule has 0 radical (unpaired) electrons. The lowest BCUT2D eigenvalue weighted by atomic mass is 10.2. The Kier molecular flexibility index (Phi) is 2.09. The molecule has 1 aliphatic heterocycles. The average molecular weight is 128 g/mol. The second-order valence-electron chi connectivity index (χ2n) is 3.11. The average Bonchev–Trinajstić information content (AvgIpc) is 2.14. The van der Waals surface area contributed by atoms with Crippen LogP contribution in [0.15, 0.2) is 0 Å². The highest BCUT2D eigenvalue weighted by Gasteiger charge is 2.21. The van der Waals surface area contributed by atoms with Crippen LogP contribution in [0.3, 0.4) is 0 Å². The summed E-state index contributed by atoms with van der Waals surface area (Å²) in [5.74, 6) is 0. The predicted octanol–water partition coefficient (Wildman–Crippen LogP) is -1.00. The lowest BCUT2D eigenvalue weighted by Gasteiger charge is -2.18. The summed E-state index contributed by atoms with van der Waals surface area (Å²) >= 11 is 0. The van der Waals surface area contributed by atoms with E-state index in [1.807, 2.05) is 0 Å². The molecule has 0 spiro atoms. The van der Waals surface area contributed by atoms with Crippen LogP contribution in [0.1, 0.15) is 6.42 Å². The van der Waals surface area contributed by atoms with Gasteiger partial charge in [-0.25, -0.2) is 0 Å². The van der Waals surface area contributed by atoms with Crippen LogP contribution in [0.25, 0.3) is 0 Å². The molecule has 0 aromatic heterocycles. The van der Waals surface area contributed by atoms with Crippen LogP contribution in [0, 0.1) is 7.05 Å². The number of rotatable bonds is 1. The van der Waals surface area contributed by atoms with E-state index in [1.54, 1.807) is 0 Å². The fraction of sp³-hybridized carbons (Fsp3) is 0.857. The molecule has 2 atom stereocenters. The number of quaternary nitrogens is 1. The molecule has 0 bridgehead atoms. The zero-order valence-corrected chi connectivity index (χ0v) is 6.35. The van der Waals surface area contributed by atoms with E-state index in [1.165, 1.54) is 24.4 Å². The zero-order valence-electron chi connectivity index (χ0n) is 6.35. The van der Waals surface area contributed by atoms with Crippen molar-refractivity contribution < 1.29 is 4.90 Å². The monoisotopic (exact) mass is 128 g/mol. The maximum absolute atomic E-state index is 3.96. The van der Waals surface area contributed by atoms with E-state index < -0.39 is 0 Å². The van der Waals surface area contributed by atoms with Crippen molar-refractivity contribution >= 4 is 0 Å². The molecule has 1 heterocycles. The van der Waals surface area contributed by atoms with E-state index >= 15 is 0 Å². The van der Waals surface area contributed by atoms with Crippen molar-refractivity contribution in [3.05, 3.63) is 7.05 Å². The van der Waals surface area contributed by atoms with Crippen LogP contribution >= 0.6 is 0 Å². The zero-order chi connectivity index (χ0) is 6.85. The Morgan fingerprint density at radius 3 is 2.44 bits per heavy atom. The first-order chi connectivity index (χ1) is 4.20. The molecule has 1 fully saturated rings. The van der Waals surface area contributed by atoms with Gasteiger partial charge in [0.25, 0.3) is 0 Å². The van der Waals surface area contributed by atoms with Crippen LogP contribution in [0.2, 0.25) is 0 Å². The van der Waals surface area contributed by atoms with E-state index in [2.05, 4.69) is 26.0 Å². The molecular formula is C7H16N2. The van der Waals surface area contributed by atoms with Gasteiger partial charge in [-0.05, 0) is 14.1 Å². The largest absolute Gasteiger partial charge is 0.466 e. The highest BCUT2D eigenvalue weighted by molar-refractivity contribution is 4.68. The van der Waals surface area contributed by atoms with Crippen molar-refractivity contribution in [3.63, 3.8) is 0 Å². The van der Waals surface area contributed by atoms with Gasteiger partial charge in [-0.15, -0.1) is 0 Å². The molecule has 2 heteroatoms. The first-order valence-corrected chi connectivity index (χ1v) is 3.53. The van der Waals surface area contributed by atoms with E-state index in [4.69, 9.17) is 0 Å². The van der Waals surface area contributed by atoms with Crippen LogP contribution < -0.4 is 4.90 Å². The maximum Gasteiger partial charge on any atom is 0.0690 e. The third kappa shape index (κ3) is 1.66. The topological polar surface area (TPSA) is 7.68 Å². The van der Waals surface area contributed by atoms with Gasteiger partial charge in [0.1, 0.15) is 0 Å². The van der Waals surface area contributed by atoms with Crippen LogP contribution in [-0.2, 0) is 0 Å². The fourth-order valence-electron chi connectivity index (χ4n) is 1.35. The highest BCUT2D eigenvalue weighted by atomic mass is 15.2. The highest BCUT2D eigenvalue weighted by Crippen LogP contribution is 1.98. The van der Waals surface area contributed by atoms with Crippen LogP contribution in [-0.4, -0.2) is 38.1 Å². The molecule has 1 aliphatic rings. The van der Waals surface area contributed by atoms with Gasteiger partial charge in [0.15, 0.2) is 0 Å². The molecule has 54 valence electrons. The summed E-state index contributed by atoms with van der Waals surface area (Å²) in [6.07, 6.45) is 1.31. The minimum absolute atomic E-state index is 0.775. The molecule has 2 nitrogen and oxygen atoms in total. The normalized spacial score (nSPS) is 36.0. The Morgan fingerprint density at radius 2 is 2.22 bits per heavy atom. The minimum Gasteiger partial charge on any atom is -0.466 e. The lowest BCUT2D eigenvalue weighted by Crippen LogP contribution is -3.05. The molecule has 0 aromatic rings. The summed E-state index contributed by atoms with van der Waals surface area (Å²) in [4.78, 5) is 3.71. The Balaban J connectivity index is 2.30. The summed E-state index contributed by atoms with van der Waals surface area (Å²) in [5, 5.41) is 0. The van der Waals surface area contributed by atoms with E-state index in [9.17, 15) is 0 Å². The van der Waals surface area contributed by atoms with Crippen LogP contribution in [0.4, 0.5) is 0 Å². The van der Waals surface area contributed by atoms with Crippen molar-refractivity contribution in [2.45, 2.75) is 12.5 Å². The first kappa shape index (κ1) is 7.03. The van der Waals surface area contributed by atoms with Gasteiger partial charge >= 0.3 is 0 Å². The number of likely N-dealkylation sites (tertiary alicyclic amines) is 1. The Bertz CT molecular complexity index is 90.9. The van der Waals surface area contributed by atoms with Crippen molar-refractivity contribution in [1.29, 1.82) is 0 Å². The Morgan fingerprint density at radius 1 is 1.56 bits per heavy atom. The molecule has 0 aromatic carbocycles. The van der Waals surface area contributed by atoms with E-state index in [0.29, 0.717) is 0 Å². The van der Waals surface area contributed by atoms with Gasteiger partial charge in [0.2, 0.25) is 0 Å². The standard InChI is InChI=1S/C7H16N2/c1-8(2)7-4-5-9(3)6-7/h7,9H,3-6H2,1-2H3. The van der Waals surface area contributed by atoms with Crippen molar-refractivity contribution in [1.82, 2.24) is 4.90 Å². The van der Waals surface area contributed by atoms with Crippen molar-refractivity contribution in [2.24, 2.45) is 0 Å². The molecular weight excluding hydrogens is 112 g/mol. The van der Waals surface area contributed by atoms with Gasteiger partial charge < -0.3 is 9.80 Å². The molecule has 0 saturated carbocycles. The summed E-state index contributed by atoms with van der Waals surface area (Å²) in [6, 6.07) is 0.775. The third-order valence-electron chi connectivity index (χ3n) is 2.09. The van der Waals surface area contributed by atoms with Gasteiger partial charge in [-0.1, -0.05) is 0 Å². The molecule has 9 heavy (non-hydrogen) atoms. The third-order valence-corrected chi connectivity index (χ3v) is 2.09. The maximum atomic E-state index is 3.96. The smallest absolute Gasteiger partial charge is 0.0690 e. The molecule has 0 aliphatic carbocycles. The molecule has 1 N–H and O–H groups in total. The lowest BCUT2D eigenvalue weighted by molar-refractivity contribution is -0.840. The van der Waals surface area contributed by atoms with Crippen molar-refractivity contribution in [3.8, 4) is 0 Å². The number of hydrogen-bond acceptors (Lipinski definition) is 1. The second-order valence-corrected chi connectivity index (χ2v) is 3.11. The first-order valence-electron chi connectivity index (χ1n) is 3.53. The van der Waals surface area contributed by atoms with Gasteiger partial charge in [0.05, 0.1) is 19.1 Å². The van der Waals surface area contributed by atoms with E-state index in [-0.39, 0.29) is 0 Å². The second kappa shape index (κ2) is 2.67. The summed E-state index contributed by atoms with van der Waals surface area (Å²) < 4.78 is 0. The fourth-order valence-corrected chi connectivity index (χ4v) is 1.35. The Hall–Kier alpha value is -0.0800. The summed E-state index contributed by atoms with van der Waals surface area (Å²) in [7, 11) is 8.24. The van der Waals surface area contributed by atoms with E-state index in [0.717, 1.165) is 6.04 Å². The molecule has 0 amide bonds. The van der Waals surface area contributed by atoms with Crippen molar-refractivity contribution in [2.75, 3.05) is 27.2 Å². The summed E-state index contributed by atoms with van der Waals surface area (Å²) in [5.41, 5.74) is 0. The molecule has 1 rings (SSSR count). The summed E-state index contributed by atoms with van der Waals surface area (Å²) in [6.45, 7) is 2.45. The number of hydrogen-bond donors (Lipinski definition) is 1. The SMILES string of the molecule is [CH2-][NH+]1CCC(N(C)C)C1. The van der Waals surface area contributed by atoms with Crippen LogP contribution in [0.5, 0.6) is 0 Å². The Labute approximate surface area is 57.4 Å². The van der Waals surface area contributed by atoms with Gasteiger partial charge in [-0.3, -0.25) is 0 Å².